The van der Waals surface area contributed by atoms with E-state index < -0.39 is 11.7 Å². The first kappa shape index (κ1) is 21.2. The average molecular weight is 421 g/mol. The molecule has 3 rings (SSSR count). The smallest absolute Gasteiger partial charge is 0.294 e. The Morgan fingerprint density at radius 3 is 2.52 bits per heavy atom. The molecule has 0 unspecified atom stereocenters. The topological polar surface area (TPSA) is 52.6 Å². The number of hydrogen-bond donors (Lipinski definition) is 2. The lowest BCUT2D eigenvalue weighted by molar-refractivity contribution is -0.137. The molecular weight excluding hydrogens is 399 g/mol. The number of nitrogens with zero attached hydrogens (tertiary/aromatic N) is 3. The number of hydrazine groups is 1. The Balaban J connectivity index is 1.74. The summed E-state index contributed by atoms with van der Waals surface area (Å²) in [5, 5.41) is 6.62. The molecule has 5 nitrogen and oxygen atoms in total. The Kier molecular flexibility index (Phi) is 6.81. The van der Waals surface area contributed by atoms with Crippen molar-refractivity contribution in [1.82, 2.24) is 20.8 Å². The van der Waals surface area contributed by atoms with Gasteiger partial charge in [0.05, 0.1) is 22.7 Å². The van der Waals surface area contributed by atoms with Gasteiger partial charge >= 0.3 is 6.18 Å². The van der Waals surface area contributed by atoms with E-state index >= 15 is 0 Å². The number of hydrogen-bond acceptors (Lipinski definition) is 4. The molecular formula is C20H22F3N5S. The fourth-order valence-electron chi connectivity index (χ4n) is 3.11. The van der Waals surface area contributed by atoms with Gasteiger partial charge < -0.3 is 0 Å². The number of alkyl halides is 3. The molecule has 1 saturated heterocycles. The highest BCUT2D eigenvalue weighted by molar-refractivity contribution is 7.80. The quantitative estimate of drug-likeness (QED) is 0.437. The molecule has 1 aliphatic heterocycles. The van der Waals surface area contributed by atoms with Crippen molar-refractivity contribution in [2.24, 2.45) is 5.10 Å². The van der Waals surface area contributed by atoms with E-state index in [9.17, 15) is 13.2 Å². The molecule has 1 aromatic heterocycles. The highest BCUT2D eigenvalue weighted by Gasteiger charge is 2.33. The average Bonchev–Trinajstić information content (AvgIpc) is 2.72. The van der Waals surface area contributed by atoms with E-state index in [1.54, 1.807) is 31.2 Å². The number of halogens is 3. The predicted molar refractivity (Wildman–Crippen MR) is 111 cm³/mol. The van der Waals surface area contributed by atoms with Crippen molar-refractivity contribution in [3.8, 4) is 11.3 Å². The highest BCUT2D eigenvalue weighted by atomic mass is 32.1. The zero-order valence-corrected chi connectivity index (χ0v) is 16.8. The van der Waals surface area contributed by atoms with Gasteiger partial charge in [-0.25, -0.2) is 9.99 Å². The molecule has 0 radical (unpaired) electrons. The maximum Gasteiger partial charge on any atom is 0.417 e. The van der Waals surface area contributed by atoms with Crippen molar-refractivity contribution in [2.45, 2.75) is 32.4 Å². The van der Waals surface area contributed by atoms with E-state index in [2.05, 4.69) is 20.9 Å². The van der Waals surface area contributed by atoms with Crippen LogP contribution in [-0.4, -0.2) is 33.9 Å². The van der Waals surface area contributed by atoms with Crippen molar-refractivity contribution in [2.75, 3.05) is 13.1 Å². The second kappa shape index (κ2) is 9.32. The number of pyridine rings is 1. The van der Waals surface area contributed by atoms with Crippen LogP contribution in [0.3, 0.4) is 0 Å². The Labute approximate surface area is 173 Å². The normalized spacial score (nSPS) is 15.8. The number of piperidine rings is 1. The SMILES string of the molecule is CC(=NNC(=S)NN1CCCCC1)c1cccc(-c2ccccc2C(F)(F)F)n1. The molecule has 29 heavy (non-hydrogen) atoms. The van der Waals surface area contributed by atoms with Crippen molar-refractivity contribution in [3.05, 3.63) is 53.7 Å². The van der Waals surface area contributed by atoms with Gasteiger partial charge in [0.2, 0.25) is 5.11 Å². The standard InChI is InChI=1S/C20H22F3N5S/c1-14(25-26-19(29)27-28-12-5-2-6-13-28)17-10-7-11-18(24-17)15-8-3-4-9-16(15)20(21,22)23/h3-4,7-11H,2,5-6,12-13H2,1H3,(H2,26,27,29). The summed E-state index contributed by atoms with van der Waals surface area (Å²) in [5.41, 5.74) is 6.39. The van der Waals surface area contributed by atoms with Gasteiger partial charge in [-0.1, -0.05) is 30.7 Å². The van der Waals surface area contributed by atoms with Crippen LogP contribution in [0, 0.1) is 0 Å². The minimum absolute atomic E-state index is 0.0323. The predicted octanol–water partition coefficient (Wildman–Crippen LogP) is 4.36. The lowest BCUT2D eigenvalue weighted by Crippen LogP contribution is -2.48. The Morgan fingerprint density at radius 2 is 1.79 bits per heavy atom. The van der Waals surface area contributed by atoms with Crippen LogP contribution in [-0.2, 0) is 6.18 Å². The van der Waals surface area contributed by atoms with Crippen molar-refractivity contribution in [3.63, 3.8) is 0 Å². The summed E-state index contributed by atoms with van der Waals surface area (Å²) in [5.74, 6) is 0. The molecule has 0 spiro atoms. The molecule has 2 aromatic rings. The van der Waals surface area contributed by atoms with Crippen LogP contribution in [0.1, 0.15) is 37.4 Å². The van der Waals surface area contributed by atoms with Gasteiger partial charge in [-0.05, 0) is 50.2 Å². The van der Waals surface area contributed by atoms with Crippen molar-refractivity contribution < 1.29 is 13.2 Å². The summed E-state index contributed by atoms with van der Waals surface area (Å²) < 4.78 is 39.9. The monoisotopic (exact) mass is 421 g/mol. The molecule has 0 amide bonds. The van der Waals surface area contributed by atoms with Gasteiger partial charge in [0.15, 0.2) is 0 Å². The maximum absolute atomic E-state index is 13.3. The molecule has 0 atom stereocenters. The summed E-state index contributed by atoms with van der Waals surface area (Å²) in [7, 11) is 0. The fourth-order valence-corrected chi connectivity index (χ4v) is 3.28. The van der Waals surface area contributed by atoms with Crippen LogP contribution in [0.2, 0.25) is 0 Å². The number of benzene rings is 1. The zero-order chi connectivity index (χ0) is 20.9. The molecule has 0 aliphatic carbocycles. The van der Waals surface area contributed by atoms with Crippen LogP contribution in [0.15, 0.2) is 47.6 Å². The Morgan fingerprint density at radius 1 is 1.07 bits per heavy atom. The number of nitrogens with one attached hydrogen (secondary N) is 2. The van der Waals surface area contributed by atoms with Crippen LogP contribution < -0.4 is 10.9 Å². The minimum Gasteiger partial charge on any atom is -0.294 e. The molecule has 1 aromatic carbocycles. The summed E-state index contributed by atoms with van der Waals surface area (Å²) in [4.78, 5) is 4.37. The van der Waals surface area contributed by atoms with Gasteiger partial charge in [0, 0.05) is 18.7 Å². The summed E-state index contributed by atoms with van der Waals surface area (Å²) >= 11 is 5.25. The van der Waals surface area contributed by atoms with Gasteiger partial charge in [0.1, 0.15) is 0 Å². The third-order valence-electron chi connectivity index (χ3n) is 4.57. The summed E-state index contributed by atoms with van der Waals surface area (Å²) in [6.07, 6.45) is -0.998. The van der Waals surface area contributed by atoms with E-state index in [1.807, 2.05) is 5.01 Å². The highest BCUT2D eigenvalue weighted by Crippen LogP contribution is 2.36. The zero-order valence-electron chi connectivity index (χ0n) is 16.0. The Bertz CT molecular complexity index is 892. The maximum atomic E-state index is 13.3. The second-order valence-corrected chi connectivity index (χ2v) is 7.16. The Hall–Kier alpha value is -2.52. The van der Waals surface area contributed by atoms with E-state index in [1.165, 1.54) is 18.6 Å². The first-order valence-electron chi connectivity index (χ1n) is 9.34. The first-order chi connectivity index (χ1) is 13.8. The molecule has 0 bridgehead atoms. The lowest BCUT2D eigenvalue weighted by Gasteiger charge is -2.27. The third-order valence-corrected chi connectivity index (χ3v) is 4.75. The van der Waals surface area contributed by atoms with Crippen LogP contribution in [0.5, 0.6) is 0 Å². The second-order valence-electron chi connectivity index (χ2n) is 6.75. The van der Waals surface area contributed by atoms with E-state index in [0.29, 0.717) is 16.5 Å². The first-order valence-corrected chi connectivity index (χ1v) is 9.75. The summed E-state index contributed by atoms with van der Waals surface area (Å²) in [6, 6.07) is 10.3. The number of aromatic nitrogens is 1. The van der Waals surface area contributed by atoms with E-state index in [4.69, 9.17) is 12.2 Å². The van der Waals surface area contributed by atoms with Crippen LogP contribution >= 0.6 is 12.2 Å². The molecule has 154 valence electrons. The van der Waals surface area contributed by atoms with Crippen molar-refractivity contribution >= 4 is 23.0 Å². The number of rotatable bonds is 4. The van der Waals surface area contributed by atoms with Crippen LogP contribution in [0.4, 0.5) is 13.2 Å². The molecule has 0 saturated carbocycles. The molecule has 2 heterocycles. The molecule has 2 N–H and O–H groups in total. The van der Waals surface area contributed by atoms with Gasteiger partial charge in [0.25, 0.3) is 0 Å². The molecule has 1 aliphatic rings. The fraction of sp³-hybridized carbons (Fsp3) is 0.350. The van der Waals surface area contributed by atoms with E-state index in [-0.39, 0.29) is 11.3 Å². The van der Waals surface area contributed by atoms with Gasteiger partial charge in [-0.2, -0.15) is 18.3 Å². The summed E-state index contributed by atoms with van der Waals surface area (Å²) in [6.45, 7) is 3.57. The largest absolute Gasteiger partial charge is 0.417 e. The van der Waals surface area contributed by atoms with E-state index in [0.717, 1.165) is 32.0 Å². The van der Waals surface area contributed by atoms with Gasteiger partial charge in [-0.15, -0.1) is 0 Å². The molecule has 1 fully saturated rings. The van der Waals surface area contributed by atoms with Crippen molar-refractivity contribution in [1.29, 1.82) is 0 Å². The third kappa shape index (κ3) is 5.74. The number of hydrazone groups is 1. The lowest BCUT2D eigenvalue weighted by atomic mass is 10.0. The minimum atomic E-state index is -4.45. The van der Waals surface area contributed by atoms with Gasteiger partial charge in [-0.3, -0.25) is 10.9 Å². The number of thiocarbonyl (C=S) groups is 1. The van der Waals surface area contributed by atoms with Crippen LogP contribution in [0.25, 0.3) is 11.3 Å². The molecule has 9 heteroatoms.